The van der Waals surface area contributed by atoms with Crippen LogP contribution in [0.15, 0.2) is 69.4 Å². The summed E-state index contributed by atoms with van der Waals surface area (Å²) < 4.78 is 24.9. The lowest BCUT2D eigenvalue weighted by atomic mass is 9.98. The molecule has 2 rings (SSSR count). The van der Waals surface area contributed by atoms with E-state index >= 15 is 0 Å². The predicted molar refractivity (Wildman–Crippen MR) is 116 cm³/mol. The minimum atomic E-state index is -0.834. The Hall–Kier alpha value is -2.99. The Kier molecular flexibility index (Phi) is 7.67. The molecule has 0 amide bonds. The zero-order chi connectivity index (χ0) is 21.6. The van der Waals surface area contributed by atoms with Gasteiger partial charge >= 0.3 is 5.63 Å². The van der Waals surface area contributed by atoms with E-state index in [-0.39, 0.29) is 39.8 Å². The highest BCUT2D eigenvalue weighted by Crippen LogP contribution is 2.33. The average molecular weight is 419 g/mol. The van der Waals surface area contributed by atoms with Gasteiger partial charge < -0.3 is 20.2 Å². The van der Waals surface area contributed by atoms with Crippen LogP contribution in [0, 0.1) is 0 Å². The van der Waals surface area contributed by atoms with Gasteiger partial charge in [-0.15, -0.1) is 0 Å². The fourth-order valence-electron chi connectivity index (χ4n) is 2.68. The first-order valence-corrected chi connectivity index (χ1v) is 9.32. The Morgan fingerprint density at radius 1 is 1.41 bits per heavy atom. The molecule has 5 nitrogen and oxygen atoms in total. The number of nitrogens with two attached hydrogens (primary N) is 1. The SMILES string of the molecule is C=C(NC)Oc1cc2oc(=O)c(CC(/C=C\C=C(/C)N)=C/C)c(CF)c2cc1Cl. The van der Waals surface area contributed by atoms with Crippen LogP contribution in [0.25, 0.3) is 11.0 Å². The van der Waals surface area contributed by atoms with Gasteiger partial charge in [0.1, 0.15) is 12.3 Å². The van der Waals surface area contributed by atoms with Crippen molar-refractivity contribution in [2.24, 2.45) is 5.73 Å². The molecule has 1 aromatic carbocycles. The summed E-state index contributed by atoms with van der Waals surface area (Å²) in [7, 11) is 1.64. The van der Waals surface area contributed by atoms with Crippen LogP contribution in [0.3, 0.4) is 0 Å². The highest BCUT2D eigenvalue weighted by Gasteiger charge is 2.18. The maximum absolute atomic E-state index is 14.0. The Morgan fingerprint density at radius 3 is 2.72 bits per heavy atom. The standard InChI is InChI=1S/C22H24ClFN2O3/c1-5-15(8-6-7-13(2)25)9-17-18(12-24)16-10-19(23)21(28-14(3)26-4)11-20(16)29-22(17)27/h5-8,10-11,26H,3,9,12,25H2,1-2,4H3/b8-6-,13-7+,15-5+. The predicted octanol–water partition coefficient (Wildman–Crippen LogP) is 4.89. The van der Waals surface area contributed by atoms with E-state index in [4.69, 9.17) is 26.5 Å². The molecule has 0 fully saturated rings. The molecule has 0 aliphatic carbocycles. The van der Waals surface area contributed by atoms with E-state index in [0.717, 1.165) is 5.57 Å². The third kappa shape index (κ3) is 5.51. The Balaban J connectivity index is 2.54. The van der Waals surface area contributed by atoms with Crippen molar-refractivity contribution in [3.05, 3.63) is 86.7 Å². The van der Waals surface area contributed by atoms with Crippen molar-refractivity contribution < 1.29 is 13.5 Å². The summed E-state index contributed by atoms with van der Waals surface area (Å²) in [6.45, 7) is 6.44. The number of ether oxygens (including phenoxy) is 1. The van der Waals surface area contributed by atoms with Gasteiger partial charge in [0.25, 0.3) is 0 Å². The molecule has 0 unspecified atom stereocenters. The maximum atomic E-state index is 14.0. The van der Waals surface area contributed by atoms with Crippen molar-refractivity contribution in [3.8, 4) is 5.75 Å². The van der Waals surface area contributed by atoms with Crippen molar-refractivity contribution in [1.29, 1.82) is 0 Å². The average Bonchev–Trinajstić information content (AvgIpc) is 2.68. The molecule has 1 aromatic heterocycles. The van der Waals surface area contributed by atoms with Crippen LogP contribution in [0.1, 0.15) is 25.0 Å². The number of alkyl halides is 1. The molecule has 0 atom stereocenters. The van der Waals surface area contributed by atoms with E-state index in [1.54, 1.807) is 26.1 Å². The molecule has 0 spiro atoms. The molecule has 7 heteroatoms. The van der Waals surface area contributed by atoms with Gasteiger partial charge in [0, 0.05) is 41.7 Å². The van der Waals surface area contributed by atoms with Gasteiger partial charge in [-0.2, -0.15) is 0 Å². The number of hydrogen-bond donors (Lipinski definition) is 2. The number of halogens is 2. The third-order valence-corrected chi connectivity index (χ3v) is 4.53. The van der Waals surface area contributed by atoms with E-state index in [1.165, 1.54) is 12.1 Å². The van der Waals surface area contributed by atoms with E-state index < -0.39 is 12.3 Å². The number of fused-ring (bicyclic) bond motifs is 1. The minimum Gasteiger partial charge on any atom is -0.440 e. The first-order chi connectivity index (χ1) is 13.8. The van der Waals surface area contributed by atoms with Gasteiger partial charge in [-0.1, -0.05) is 29.8 Å². The summed E-state index contributed by atoms with van der Waals surface area (Å²) in [6, 6.07) is 2.98. The number of benzene rings is 1. The highest BCUT2D eigenvalue weighted by molar-refractivity contribution is 6.32. The fourth-order valence-corrected chi connectivity index (χ4v) is 2.88. The lowest BCUT2D eigenvalue weighted by Gasteiger charge is -2.13. The molecular weight excluding hydrogens is 395 g/mol. The summed E-state index contributed by atoms with van der Waals surface area (Å²) >= 11 is 6.28. The second-order valence-corrected chi connectivity index (χ2v) is 6.75. The van der Waals surface area contributed by atoms with E-state index in [2.05, 4.69) is 11.9 Å². The number of allylic oxidation sites excluding steroid dienone is 6. The molecule has 0 bridgehead atoms. The first kappa shape index (κ1) is 22.3. The molecule has 3 N–H and O–H groups in total. The molecule has 1 heterocycles. The Morgan fingerprint density at radius 2 is 2.14 bits per heavy atom. The molecule has 0 saturated heterocycles. The van der Waals surface area contributed by atoms with Crippen LogP contribution in [0.2, 0.25) is 5.02 Å². The van der Waals surface area contributed by atoms with Gasteiger partial charge in [0.2, 0.25) is 0 Å². The molecule has 154 valence electrons. The molecule has 0 aliphatic rings. The number of rotatable bonds is 8. The molecule has 29 heavy (non-hydrogen) atoms. The van der Waals surface area contributed by atoms with Crippen LogP contribution in [0.4, 0.5) is 4.39 Å². The van der Waals surface area contributed by atoms with Crippen molar-refractivity contribution >= 4 is 22.6 Å². The van der Waals surface area contributed by atoms with E-state index in [1.807, 2.05) is 19.1 Å². The molecule has 0 saturated carbocycles. The third-order valence-electron chi connectivity index (χ3n) is 4.24. The van der Waals surface area contributed by atoms with Crippen LogP contribution in [0.5, 0.6) is 5.75 Å². The van der Waals surface area contributed by atoms with Crippen molar-refractivity contribution in [2.75, 3.05) is 7.05 Å². The van der Waals surface area contributed by atoms with Gasteiger partial charge in [0.05, 0.1) is 5.02 Å². The van der Waals surface area contributed by atoms with Crippen LogP contribution >= 0.6 is 11.6 Å². The smallest absolute Gasteiger partial charge is 0.340 e. The number of hydrogen-bond acceptors (Lipinski definition) is 5. The number of nitrogens with one attached hydrogen (secondary N) is 1. The molecular formula is C22H24ClFN2O3. The molecule has 2 aromatic rings. The van der Waals surface area contributed by atoms with E-state index in [0.29, 0.717) is 11.1 Å². The molecule has 0 radical (unpaired) electrons. The molecule has 0 aliphatic heterocycles. The summed E-state index contributed by atoms with van der Waals surface area (Å²) in [6.07, 6.45) is 7.39. The Labute approximate surface area is 174 Å². The summed E-state index contributed by atoms with van der Waals surface area (Å²) in [5.41, 5.74) is 7.16. The summed E-state index contributed by atoms with van der Waals surface area (Å²) in [5.74, 6) is 0.516. The lowest BCUT2D eigenvalue weighted by molar-refractivity contribution is 0.394. The van der Waals surface area contributed by atoms with Crippen molar-refractivity contribution in [1.82, 2.24) is 5.32 Å². The monoisotopic (exact) mass is 418 g/mol. The second kappa shape index (κ2) is 9.98. The van der Waals surface area contributed by atoms with Crippen LogP contribution in [-0.2, 0) is 13.1 Å². The van der Waals surface area contributed by atoms with Crippen molar-refractivity contribution in [2.45, 2.75) is 26.9 Å². The zero-order valence-electron chi connectivity index (χ0n) is 16.6. The van der Waals surface area contributed by atoms with Crippen LogP contribution < -0.4 is 21.4 Å². The quantitative estimate of drug-likeness (QED) is 0.362. The highest BCUT2D eigenvalue weighted by atomic mass is 35.5. The van der Waals surface area contributed by atoms with Gasteiger partial charge in [-0.3, -0.25) is 0 Å². The fraction of sp³-hybridized carbons (Fsp3) is 0.227. The summed E-state index contributed by atoms with van der Waals surface area (Å²) in [4.78, 5) is 12.6. The lowest BCUT2D eigenvalue weighted by Crippen LogP contribution is -2.13. The van der Waals surface area contributed by atoms with Crippen molar-refractivity contribution in [3.63, 3.8) is 0 Å². The zero-order valence-corrected chi connectivity index (χ0v) is 17.4. The minimum absolute atomic E-state index is 0.189. The van der Waals surface area contributed by atoms with Gasteiger partial charge in [-0.25, -0.2) is 9.18 Å². The first-order valence-electron chi connectivity index (χ1n) is 8.94. The normalized spacial score (nSPS) is 12.6. The maximum Gasteiger partial charge on any atom is 0.340 e. The topological polar surface area (TPSA) is 77.5 Å². The van der Waals surface area contributed by atoms with Gasteiger partial charge in [-0.05, 0) is 38.1 Å². The Bertz CT molecular complexity index is 1060. The summed E-state index contributed by atoms with van der Waals surface area (Å²) in [5, 5.41) is 3.40. The largest absolute Gasteiger partial charge is 0.440 e. The second-order valence-electron chi connectivity index (χ2n) is 6.34. The van der Waals surface area contributed by atoms with E-state index in [9.17, 15) is 9.18 Å². The van der Waals surface area contributed by atoms with Gasteiger partial charge in [0.15, 0.2) is 11.6 Å². The van der Waals surface area contributed by atoms with Crippen LogP contribution in [-0.4, -0.2) is 7.05 Å².